The molecule has 1 rings (SSSR count). The van der Waals surface area contributed by atoms with E-state index in [1.807, 2.05) is 18.2 Å². The molecule has 1 N–H and O–H groups in total. The van der Waals surface area contributed by atoms with Crippen molar-refractivity contribution in [3.63, 3.8) is 0 Å². The summed E-state index contributed by atoms with van der Waals surface area (Å²) in [6, 6.07) is 5.72. The Morgan fingerprint density at radius 1 is 1.53 bits per heavy atom. The van der Waals surface area contributed by atoms with E-state index in [0.717, 1.165) is 23.3 Å². The number of aliphatic hydroxyl groups is 1. The Kier molecular flexibility index (Phi) is 4.83. The summed E-state index contributed by atoms with van der Waals surface area (Å²) in [4.78, 5) is 0. The van der Waals surface area contributed by atoms with Crippen molar-refractivity contribution in [1.29, 1.82) is 0 Å². The molecule has 2 heteroatoms. The number of benzene rings is 1. The number of allylic oxidation sites excluding steroid dienone is 2. The molecule has 0 aromatic heterocycles. The van der Waals surface area contributed by atoms with Crippen LogP contribution in [0.1, 0.15) is 37.3 Å². The predicted molar refractivity (Wildman–Crippen MR) is 72.5 cm³/mol. The van der Waals surface area contributed by atoms with Gasteiger partial charge in [0.05, 0.1) is 7.11 Å². The van der Waals surface area contributed by atoms with E-state index < -0.39 is 0 Å². The monoisotopic (exact) mass is 232 g/mol. The molecule has 1 atom stereocenters. The Balaban J connectivity index is 3.28. The van der Waals surface area contributed by atoms with E-state index >= 15 is 0 Å². The van der Waals surface area contributed by atoms with Crippen molar-refractivity contribution in [2.75, 3.05) is 7.11 Å². The van der Waals surface area contributed by atoms with E-state index in [1.165, 1.54) is 0 Å². The van der Waals surface area contributed by atoms with Gasteiger partial charge < -0.3 is 9.84 Å². The summed E-state index contributed by atoms with van der Waals surface area (Å²) in [5, 5.41) is 9.96. The molecule has 17 heavy (non-hydrogen) atoms. The minimum absolute atomic E-state index is 0.248. The fraction of sp³-hybridized carbons (Fsp3) is 0.333. The highest BCUT2D eigenvalue weighted by molar-refractivity contribution is 5.64. The van der Waals surface area contributed by atoms with Gasteiger partial charge in [-0.3, -0.25) is 0 Å². The van der Waals surface area contributed by atoms with Gasteiger partial charge in [0.2, 0.25) is 0 Å². The molecule has 2 nitrogen and oxygen atoms in total. The van der Waals surface area contributed by atoms with Crippen LogP contribution in [0.3, 0.4) is 0 Å². The molecule has 0 heterocycles. The molecule has 0 fully saturated rings. The molecule has 0 aliphatic carbocycles. The lowest BCUT2D eigenvalue weighted by Crippen LogP contribution is -1.99. The second-order valence-electron chi connectivity index (χ2n) is 4.05. The van der Waals surface area contributed by atoms with Gasteiger partial charge in [-0.1, -0.05) is 26.5 Å². The number of hydrogen-bond donors (Lipinski definition) is 1. The van der Waals surface area contributed by atoms with Crippen LogP contribution in [0, 0.1) is 0 Å². The molecule has 92 valence electrons. The first-order chi connectivity index (χ1) is 8.13. The van der Waals surface area contributed by atoms with Gasteiger partial charge in [-0.15, -0.1) is 0 Å². The Hall–Kier alpha value is -1.70. The third-order valence-corrected chi connectivity index (χ3v) is 2.95. The average molecular weight is 232 g/mol. The van der Waals surface area contributed by atoms with Crippen molar-refractivity contribution < 1.29 is 9.84 Å². The highest BCUT2D eigenvalue weighted by Crippen LogP contribution is 2.30. The van der Waals surface area contributed by atoms with Crippen molar-refractivity contribution >= 4 is 5.76 Å². The number of hydrogen-bond acceptors (Lipinski definition) is 2. The van der Waals surface area contributed by atoms with Gasteiger partial charge in [0.1, 0.15) is 11.5 Å². The maximum absolute atomic E-state index is 9.96. The van der Waals surface area contributed by atoms with Crippen LogP contribution in [0.2, 0.25) is 0 Å². The molecule has 0 saturated carbocycles. The SMILES string of the molecule is C=C/C=C(/O)c1ccc(OC)cc1C(C)CC. The minimum Gasteiger partial charge on any atom is -0.507 e. The standard InChI is InChI=1S/C15H20O2/c1-5-7-15(16)13-9-8-12(17-4)10-14(13)11(3)6-2/h5,7-11,16H,1,6H2,2-4H3/b15-7+. The molecule has 1 aromatic rings. The molecule has 0 spiro atoms. The van der Waals surface area contributed by atoms with Gasteiger partial charge in [-0.25, -0.2) is 0 Å². The summed E-state index contributed by atoms with van der Waals surface area (Å²) in [6.07, 6.45) is 4.20. The van der Waals surface area contributed by atoms with Crippen LogP contribution in [-0.2, 0) is 0 Å². The third-order valence-electron chi connectivity index (χ3n) is 2.95. The quantitative estimate of drug-likeness (QED) is 0.606. The van der Waals surface area contributed by atoms with Crippen LogP contribution in [0.15, 0.2) is 36.9 Å². The number of ether oxygens (including phenoxy) is 1. The molecule has 0 radical (unpaired) electrons. The van der Waals surface area contributed by atoms with Crippen LogP contribution in [0.25, 0.3) is 5.76 Å². The summed E-state index contributed by atoms with van der Waals surface area (Å²) in [5.41, 5.74) is 1.95. The van der Waals surface area contributed by atoms with Crippen molar-refractivity contribution in [2.24, 2.45) is 0 Å². The lowest BCUT2D eigenvalue weighted by molar-refractivity contribution is 0.413. The zero-order valence-electron chi connectivity index (χ0n) is 10.7. The highest BCUT2D eigenvalue weighted by atomic mass is 16.5. The molecular weight excluding hydrogens is 212 g/mol. The minimum atomic E-state index is 0.248. The van der Waals surface area contributed by atoms with Gasteiger partial charge in [-0.2, -0.15) is 0 Å². The van der Waals surface area contributed by atoms with Gasteiger partial charge >= 0.3 is 0 Å². The Labute approximate surface area is 103 Å². The molecule has 1 unspecified atom stereocenters. The fourth-order valence-corrected chi connectivity index (χ4v) is 1.73. The average Bonchev–Trinajstić information content (AvgIpc) is 2.37. The van der Waals surface area contributed by atoms with E-state index in [4.69, 9.17) is 4.74 Å². The lowest BCUT2D eigenvalue weighted by Gasteiger charge is -2.15. The van der Waals surface area contributed by atoms with Crippen LogP contribution >= 0.6 is 0 Å². The molecular formula is C15H20O2. The van der Waals surface area contributed by atoms with E-state index in [0.29, 0.717) is 5.92 Å². The van der Waals surface area contributed by atoms with Crippen molar-refractivity contribution in [1.82, 2.24) is 0 Å². The summed E-state index contributed by atoms with van der Waals surface area (Å²) >= 11 is 0. The molecule has 0 amide bonds. The van der Waals surface area contributed by atoms with Crippen LogP contribution < -0.4 is 4.74 Å². The van der Waals surface area contributed by atoms with Gasteiger partial charge in [0.25, 0.3) is 0 Å². The fourth-order valence-electron chi connectivity index (χ4n) is 1.73. The lowest BCUT2D eigenvalue weighted by atomic mass is 9.92. The van der Waals surface area contributed by atoms with E-state index in [-0.39, 0.29) is 5.76 Å². The Morgan fingerprint density at radius 2 is 2.24 bits per heavy atom. The smallest absolute Gasteiger partial charge is 0.123 e. The van der Waals surface area contributed by atoms with Crippen LogP contribution in [-0.4, -0.2) is 12.2 Å². The largest absolute Gasteiger partial charge is 0.507 e. The van der Waals surface area contributed by atoms with Crippen LogP contribution in [0.5, 0.6) is 5.75 Å². The zero-order chi connectivity index (χ0) is 12.8. The molecule has 0 aliphatic heterocycles. The number of methoxy groups -OCH3 is 1. The summed E-state index contributed by atoms with van der Waals surface area (Å²) in [7, 11) is 1.65. The van der Waals surface area contributed by atoms with Crippen molar-refractivity contribution in [3.8, 4) is 5.75 Å². The van der Waals surface area contributed by atoms with Gasteiger partial charge in [-0.05, 0) is 42.2 Å². The summed E-state index contributed by atoms with van der Waals surface area (Å²) in [5.74, 6) is 1.44. The first kappa shape index (κ1) is 13.4. The Morgan fingerprint density at radius 3 is 2.76 bits per heavy atom. The molecule has 0 bridgehead atoms. The van der Waals surface area contributed by atoms with Crippen molar-refractivity contribution in [3.05, 3.63) is 48.1 Å². The second kappa shape index (κ2) is 6.14. The maximum atomic E-state index is 9.96. The van der Waals surface area contributed by atoms with Crippen molar-refractivity contribution in [2.45, 2.75) is 26.2 Å². The maximum Gasteiger partial charge on any atom is 0.123 e. The van der Waals surface area contributed by atoms with Crippen LogP contribution in [0.4, 0.5) is 0 Å². The third kappa shape index (κ3) is 3.13. The van der Waals surface area contributed by atoms with Gasteiger partial charge in [0, 0.05) is 5.56 Å². The normalized spacial score (nSPS) is 13.2. The first-order valence-corrected chi connectivity index (χ1v) is 5.84. The Bertz CT molecular complexity index is 419. The predicted octanol–water partition coefficient (Wildman–Crippen LogP) is 4.29. The highest BCUT2D eigenvalue weighted by Gasteiger charge is 2.12. The topological polar surface area (TPSA) is 29.5 Å². The molecule has 1 aromatic carbocycles. The van der Waals surface area contributed by atoms with E-state index in [1.54, 1.807) is 19.3 Å². The number of rotatable bonds is 5. The number of aliphatic hydroxyl groups excluding tert-OH is 1. The van der Waals surface area contributed by atoms with Gasteiger partial charge in [0.15, 0.2) is 0 Å². The molecule has 0 saturated heterocycles. The van der Waals surface area contributed by atoms with E-state index in [2.05, 4.69) is 20.4 Å². The first-order valence-electron chi connectivity index (χ1n) is 5.84. The summed E-state index contributed by atoms with van der Waals surface area (Å²) < 4.78 is 5.22. The zero-order valence-corrected chi connectivity index (χ0v) is 10.7. The second-order valence-corrected chi connectivity index (χ2v) is 4.05. The molecule has 0 aliphatic rings. The van der Waals surface area contributed by atoms with E-state index in [9.17, 15) is 5.11 Å². The summed E-state index contributed by atoms with van der Waals surface area (Å²) in [6.45, 7) is 7.86.